The summed E-state index contributed by atoms with van der Waals surface area (Å²) in [4.78, 5) is 14.1. The predicted molar refractivity (Wildman–Crippen MR) is 187 cm³/mol. The van der Waals surface area contributed by atoms with Crippen LogP contribution in [-0.4, -0.2) is 84.8 Å². The van der Waals surface area contributed by atoms with E-state index >= 15 is 13.2 Å². The van der Waals surface area contributed by atoms with Crippen molar-refractivity contribution in [2.24, 2.45) is 0 Å². The van der Waals surface area contributed by atoms with Crippen LogP contribution in [0.4, 0.5) is 23.4 Å². The second-order valence-corrected chi connectivity index (χ2v) is 15.1. The van der Waals surface area contributed by atoms with Crippen molar-refractivity contribution in [3.8, 4) is 22.9 Å². The number of hydrogen-bond acceptors (Lipinski definition) is 8. The van der Waals surface area contributed by atoms with Crippen LogP contribution in [0.5, 0.6) is 11.8 Å². The van der Waals surface area contributed by atoms with Crippen LogP contribution < -0.4 is 19.7 Å². The van der Waals surface area contributed by atoms with E-state index < -0.39 is 29.2 Å². The van der Waals surface area contributed by atoms with E-state index in [2.05, 4.69) is 15.1 Å². The third-order valence-electron chi connectivity index (χ3n) is 12.2. The zero-order valence-corrected chi connectivity index (χ0v) is 29.0. The second kappa shape index (κ2) is 12.7. The van der Waals surface area contributed by atoms with Crippen molar-refractivity contribution < 1.29 is 31.8 Å². The third-order valence-corrected chi connectivity index (χ3v) is 12.2. The molecule has 0 radical (unpaired) electrons. The quantitative estimate of drug-likeness (QED) is 0.155. The predicted octanol–water partition coefficient (Wildman–Crippen LogP) is 7.01. The average Bonchev–Trinajstić information content (AvgIpc) is 3.79. The normalized spacial score (nSPS) is 27.1. The van der Waals surface area contributed by atoms with Gasteiger partial charge in [0.1, 0.15) is 41.5 Å². The number of hydrogen-bond donors (Lipinski definition) is 1. The van der Waals surface area contributed by atoms with Gasteiger partial charge in [0.15, 0.2) is 12.6 Å². The number of fused-ring (bicyclic) bond motifs is 7. The van der Waals surface area contributed by atoms with Crippen LogP contribution in [0.25, 0.3) is 32.8 Å². The molecule has 4 aromatic rings. The van der Waals surface area contributed by atoms with Crippen molar-refractivity contribution >= 4 is 27.5 Å². The van der Waals surface area contributed by atoms with E-state index in [1.807, 2.05) is 6.92 Å². The van der Waals surface area contributed by atoms with Crippen LogP contribution in [-0.2, 0) is 17.6 Å². The number of alkyl halides is 1. The van der Waals surface area contributed by atoms with Gasteiger partial charge >= 0.3 is 6.01 Å². The lowest BCUT2D eigenvalue weighted by Gasteiger charge is -2.43. The highest BCUT2D eigenvalue weighted by Crippen LogP contribution is 2.47. The molecule has 0 amide bonds. The molecule has 8 nitrogen and oxygen atoms in total. The third kappa shape index (κ3) is 5.34. The van der Waals surface area contributed by atoms with Gasteiger partial charge in [0.05, 0.1) is 16.5 Å². The number of anilines is 1. The smallest absolute Gasteiger partial charge is 0.319 e. The van der Waals surface area contributed by atoms with E-state index in [9.17, 15) is 4.39 Å². The Bertz CT molecular complexity index is 2030. The van der Waals surface area contributed by atoms with Gasteiger partial charge in [-0.3, -0.25) is 4.90 Å². The molecule has 4 fully saturated rings. The molecule has 0 saturated carbocycles. The molecule has 51 heavy (non-hydrogen) atoms. The number of nitrogens with zero attached hydrogens (tertiary/aromatic N) is 4. The van der Waals surface area contributed by atoms with Gasteiger partial charge < -0.3 is 24.4 Å². The van der Waals surface area contributed by atoms with Crippen LogP contribution in [0.1, 0.15) is 63.0 Å². The van der Waals surface area contributed by atoms with Crippen molar-refractivity contribution in [1.29, 1.82) is 0 Å². The molecule has 4 saturated heterocycles. The molecule has 9 rings (SSSR count). The number of aromatic nitrogens is 2. The summed E-state index contributed by atoms with van der Waals surface area (Å²) in [5.74, 6) is -1.20. The average molecular weight is 706 g/mol. The maximum Gasteiger partial charge on any atom is 0.319 e. The van der Waals surface area contributed by atoms with Crippen molar-refractivity contribution in [2.75, 3.05) is 45.0 Å². The minimum atomic E-state index is -0.932. The number of ether oxygens (including phenoxy) is 3. The number of methoxy groups -OCH3 is 1. The Morgan fingerprint density at radius 1 is 1.00 bits per heavy atom. The van der Waals surface area contributed by atoms with Crippen molar-refractivity contribution in [3.63, 3.8) is 0 Å². The number of halogens is 4. The van der Waals surface area contributed by atoms with E-state index in [0.29, 0.717) is 77.6 Å². The van der Waals surface area contributed by atoms with Crippen molar-refractivity contribution in [3.05, 3.63) is 52.8 Å². The summed E-state index contributed by atoms with van der Waals surface area (Å²) in [6.07, 6.45) is 5.42. The fourth-order valence-corrected chi connectivity index (χ4v) is 9.95. The maximum absolute atomic E-state index is 17.6. The zero-order valence-electron chi connectivity index (χ0n) is 29.0. The lowest BCUT2D eigenvalue weighted by Crippen LogP contribution is -2.58. The topological polar surface area (TPSA) is 72.0 Å². The largest absolute Gasteiger partial charge is 0.468 e. The fourth-order valence-electron chi connectivity index (χ4n) is 9.95. The SMILES string of the molecule is CCc1c(F)ccc2cc(OCOC)cc(-c3c(F)c4c5c(nc(OC[C@@]67CCCN6C[C@H](F)C7)nc5c3F)N3C[C@H]5CC[C@H](N5)[C@H]3CCC4)c12. The van der Waals surface area contributed by atoms with Gasteiger partial charge in [-0.2, -0.15) is 9.97 Å². The highest BCUT2D eigenvalue weighted by molar-refractivity contribution is 6.04. The van der Waals surface area contributed by atoms with Crippen LogP contribution in [0.2, 0.25) is 0 Å². The number of rotatable bonds is 8. The van der Waals surface area contributed by atoms with E-state index in [1.165, 1.54) is 13.2 Å². The Morgan fingerprint density at radius 2 is 1.88 bits per heavy atom. The Balaban J connectivity index is 1.27. The van der Waals surface area contributed by atoms with Crippen molar-refractivity contribution in [2.45, 2.75) is 94.5 Å². The summed E-state index contributed by atoms with van der Waals surface area (Å²) in [5.41, 5.74) is 0.114. The van der Waals surface area contributed by atoms with E-state index in [1.54, 1.807) is 18.2 Å². The van der Waals surface area contributed by atoms with Gasteiger partial charge in [0.25, 0.3) is 0 Å². The van der Waals surface area contributed by atoms with E-state index in [0.717, 1.165) is 38.6 Å². The first-order chi connectivity index (χ1) is 24.8. The van der Waals surface area contributed by atoms with Crippen LogP contribution >= 0.6 is 0 Å². The minimum Gasteiger partial charge on any atom is -0.468 e. The molecule has 270 valence electrons. The Morgan fingerprint density at radius 3 is 2.73 bits per heavy atom. The van der Waals surface area contributed by atoms with Crippen molar-refractivity contribution in [1.82, 2.24) is 20.2 Å². The Hall–Kier alpha value is -3.74. The molecule has 2 bridgehead atoms. The molecule has 3 aromatic carbocycles. The molecule has 5 aliphatic rings. The zero-order chi connectivity index (χ0) is 35.0. The molecular formula is C39H43F4N5O3. The van der Waals surface area contributed by atoms with Gasteiger partial charge in [-0.05, 0) is 98.0 Å². The lowest BCUT2D eigenvalue weighted by molar-refractivity contribution is 0.0512. The van der Waals surface area contributed by atoms with Crippen LogP contribution in [0, 0.1) is 17.5 Å². The standard InChI is InChI=1S/C39H43F4N5O3/c1-3-25-28(41)10-8-21-14-24(51-20-49-2)15-27(31(21)25)32-34(42)26-6-4-7-30-29-11-9-23(44-29)18-48(30)37-33(26)36(35(32)43)45-38(46-37)50-19-39-12-5-13-47(39)17-22(40)16-39/h8,10,14-15,22-23,29-30,44H,3-7,9,11-13,16-20H2,1-2H3/t22-,23-,29+,30-,39+/m1/s1. The summed E-state index contributed by atoms with van der Waals surface area (Å²) in [6.45, 7) is 3.76. The number of nitrogens with one attached hydrogen (secondary N) is 1. The summed E-state index contributed by atoms with van der Waals surface area (Å²) in [6, 6.07) is 6.86. The highest BCUT2D eigenvalue weighted by Gasteiger charge is 2.50. The highest BCUT2D eigenvalue weighted by atomic mass is 19.1. The number of benzene rings is 3. The number of piperazine rings is 1. The van der Waals surface area contributed by atoms with Gasteiger partial charge in [-0.1, -0.05) is 13.0 Å². The molecule has 1 N–H and O–H groups in total. The number of aryl methyl sites for hydroxylation is 2. The van der Waals surface area contributed by atoms with Crippen LogP contribution in [0.3, 0.4) is 0 Å². The molecule has 5 atom stereocenters. The second-order valence-electron chi connectivity index (χ2n) is 15.1. The molecule has 5 aliphatic heterocycles. The van der Waals surface area contributed by atoms with Crippen LogP contribution in [0.15, 0.2) is 24.3 Å². The summed E-state index contributed by atoms with van der Waals surface area (Å²) >= 11 is 0. The van der Waals surface area contributed by atoms with Gasteiger partial charge in [0.2, 0.25) is 0 Å². The van der Waals surface area contributed by atoms with E-state index in [-0.39, 0.29) is 54.2 Å². The molecule has 0 unspecified atom stereocenters. The first-order valence-corrected chi connectivity index (χ1v) is 18.4. The first-order valence-electron chi connectivity index (χ1n) is 18.4. The van der Waals surface area contributed by atoms with Gasteiger partial charge in [-0.25, -0.2) is 17.6 Å². The minimum absolute atomic E-state index is 0.00373. The molecule has 12 heteroatoms. The summed E-state index contributed by atoms with van der Waals surface area (Å²) in [5, 5.41) is 5.12. The lowest BCUT2D eigenvalue weighted by atomic mass is 9.87. The molecule has 0 spiro atoms. The maximum atomic E-state index is 17.6. The molecule has 1 aromatic heterocycles. The molecule has 6 heterocycles. The Kier molecular flexibility index (Phi) is 8.27. The van der Waals surface area contributed by atoms with E-state index in [4.69, 9.17) is 24.2 Å². The monoisotopic (exact) mass is 705 g/mol. The molecular weight excluding hydrogens is 662 g/mol. The summed E-state index contributed by atoms with van der Waals surface area (Å²) in [7, 11) is 1.49. The first kappa shape index (κ1) is 33.1. The van der Waals surface area contributed by atoms with Gasteiger partial charge in [-0.15, -0.1) is 0 Å². The molecule has 0 aliphatic carbocycles. The summed E-state index contributed by atoms with van der Waals surface area (Å²) < 4.78 is 82.3. The van der Waals surface area contributed by atoms with Gasteiger partial charge in [0, 0.05) is 50.3 Å². The Labute approximate surface area is 294 Å². The fraction of sp³-hybridized carbons (Fsp3) is 0.538.